The van der Waals surface area contributed by atoms with Crippen LogP contribution in [0, 0.1) is 0 Å². The van der Waals surface area contributed by atoms with Crippen molar-refractivity contribution in [2.75, 3.05) is 41.2 Å². The first-order valence-electron chi connectivity index (χ1n) is 9.28. The summed E-state index contributed by atoms with van der Waals surface area (Å²) >= 11 is 0. The lowest BCUT2D eigenvalue weighted by Crippen LogP contribution is -2.26. The standard InChI is InChI=1S/C22H30FNO3/c1-24(2)14-13-21(25-3)16-26-22-10-5-4-8-19(22)12-11-18-7-6-9-20(15-18)27-17-23/h4-10,15,21H,11-14,16-17H2,1-3H3. The van der Waals surface area contributed by atoms with Crippen molar-refractivity contribution in [3.63, 3.8) is 0 Å². The number of alkyl halides is 1. The van der Waals surface area contributed by atoms with Gasteiger partial charge in [0.15, 0.2) is 0 Å². The van der Waals surface area contributed by atoms with Crippen LogP contribution in [0.5, 0.6) is 11.5 Å². The van der Waals surface area contributed by atoms with E-state index in [-0.39, 0.29) is 6.10 Å². The molecule has 0 saturated carbocycles. The molecule has 2 aromatic rings. The molecule has 0 fully saturated rings. The number of methoxy groups -OCH3 is 1. The van der Waals surface area contributed by atoms with Crippen molar-refractivity contribution < 1.29 is 18.6 Å². The minimum absolute atomic E-state index is 0.0648. The van der Waals surface area contributed by atoms with Crippen LogP contribution < -0.4 is 9.47 Å². The number of hydrogen-bond acceptors (Lipinski definition) is 4. The Morgan fingerprint density at radius 3 is 2.56 bits per heavy atom. The lowest BCUT2D eigenvalue weighted by atomic mass is 10.0. The molecular weight excluding hydrogens is 345 g/mol. The highest BCUT2D eigenvalue weighted by molar-refractivity contribution is 5.35. The maximum atomic E-state index is 12.3. The van der Waals surface area contributed by atoms with Gasteiger partial charge in [0, 0.05) is 13.7 Å². The van der Waals surface area contributed by atoms with Gasteiger partial charge in [-0.2, -0.15) is 0 Å². The Balaban J connectivity index is 1.93. The summed E-state index contributed by atoms with van der Waals surface area (Å²) in [6.45, 7) is 0.677. The Morgan fingerprint density at radius 1 is 1.00 bits per heavy atom. The van der Waals surface area contributed by atoms with Crippen molar-refractivity contribution in [2.45, 2.75) is 25.4 Å². The molecule has 4 nitrogen and oxygen atoms in total. The number of hydrogen-bond donors (Lipinski definition) is 0. The molecule has 2 rings (SSSR count). The Hall–Kier alpha value is -2.11. The summed E-state index contributed by atoms with van der Waals surface area (Å²) in [5.41, 5.74) is 2.26. The Bertz CT molecular complexity index is 678. The van der Waals surface area contributed by atoms with Gasteiger partial charge in [0.25, 0.3) is 0 Å². The average Bonchev–Trinajstić information content (AvgIpc) is 2.67. The van der Waals surface area contributed by atoms with E-state index in [4.69, 9.17) is 14.2 Å². The summed E-state index contributed by atoms with van der Waals surface area (Å²) in [5.74, 6) is 1.45. The molecule has 0 aromatic heterocycles. The fourth-order valence-corrected chi connectivity index (χ4v) is 2.84. The number of para-hydroxylation sites is 1. The molecule has 0 aliphatic rings. The Kier molecular flexibility index (Phi) is 9.08. The molecular formula is C22H30FNO3. The highest BCUT2D eigenvalue weighted by Crippen LogP contribution is 2.22. The smallest absolute Gasteiger partial charge is 0.228 e. The summed E-state index contributed by atoms with van der Waals surface area (Å²) in [7, 11) is 5.83. The van der Waals surface area contributed by atoms with E-state index in [1.807, 2.05) is 36.4 Å². The highest BCUT2D eigenvalue weighted by Gasteiger charge is 2.11. The van der Waals surface area contributed by atoms with Gasteiger partial charge < -0.3 is 19.1 Å². The van der Waals surface area contributed by atoms with Crippen LogP contribution in [0.2, 0.25) is 0 Å². The number of benzene rings is 2. The summed E-state index contributed by atoms with van der Waals surface area (Å²) < 4.78 is 28.9. The normalized spacial score (nSPS) is 12.2. The van der Waals surface area contributed by atoms with E-state index in [1.54, 1.807) is 13.2 Å². The van der Waals surface area contributed by atoms with E-state index >= 15 is 0 Å². The van der Waals surface area contributed by atoms with Crippen molar-refractivity contribution in [3.05, 3.63) is 59.7 Å². The first kappa shape index (κ1) is 21.2. The number of rotatable bonds is 12. The average molecular weight is 375 g/mol. The van der Waals surface area contributed by atoms with E-state index in [1.165, 1.54) is 0 Å². The van der Waals surface area contributed by atoms with Gasteiger partial charge in [0.05, 0.1) is 6.10 Å². The molecule has 2 aromatic carbocycles. The van der Waals surface area contributed by atoms with E-state index in [0.29, 0.717) is 12.4 Å². The van der Waals surface area contributed by atoms with Gasteiger partial charge in [-0.05, 0) is 62.7 Å². The minimum atomic E-state index is -0.811. The number of ether oxygens (including phenoxy) is 3. The van der Waals surface area contributed by atoms with E-state index in [2.05, 4.69) is 25.1 Å². The molecule has 1 atom stereocenters. The second-order valence-electron chi connectivity index (χ2n) is 6.77. The number of aryl methyl sites for hydroxylation is 2. The van der Waals surface area contributed by atoms with Crippen LogP contribution in [-0.2, 0) is 17.6 Å². The van der Waals surface area contributed by atoms with Crippen molar-refractivity contribution >= 4 is 0 Å². The van der Waals surface area contributed by atoms with Crippen molar-refractivity contribution in [2.24, 2.45) is 0 Å². The monoisotopic (exact) mass is 375 g/mol. The molecule has 0 saturated heterocycles. The van der Waals surface area contributed by atoms with Crippen LogP contribution in [-0.4, -0.2) is 52.2 Å². The van der Waals surface area contributed by atoms with Crippen LogP contribution in [0.3, 0.4) is 0 Å². The third kappa shape index (κ3) is 7.57. The predicted molar refractivity (Wildman–Crippen MR) is 106 cm³/mol. The summed E-state index contributed by atoms with van der Waals surface area (Å²) in [6, 6.07) is 15.6. The van der Waals surface area contributed by atoms with Crippen molar-refractivity contribution in [3.8, 4) is 11.5 Å². The molecule has 27 heavy (non-hydrogen) atoms. The molecule has 0 bridgehead atoms. The molecule has 0 amide bonds. The van der Waals surface area contributed by atoms with Crippen LogP contribution in [0.1, 0.15) is 17.5 Å². The second-order valence-corrected chi connectivity index (χ2v) is 6.77. The van der Waals surface area contributed by atoms with Gasteiger partial charge in [-0.1, -0.05) is 30.3 Å². The number of halogens is 1. The third-order valence-electron chi connectivity index (χ3n) is 4.43. The van der Waals surface area contributed by atoms with Gasteiger partial charge in [0.1, 0.15) is 18.1 Å². The van der Waals surface area contributed by atoms with Gasteiger partial charge in [0.2, 0.25) is 6.86 Å². The SMILES string of the molecule is COC(CCN(C)C)COc1ccccc1CCc1cccc(OCF)c1. The van der Waals surface area contributed by atoms with E-state index in [0.717, 1.165) is 42.7 Å². The lowest BCUT2D eigenvalue weighted by molar-refractivity contribution is 0.0469. The van der Waals surface area contributed by atoms with Gasteiger partial charge in [-0.15, -0.1) is 0 Å². The van der Waals surface area contributed by atoms with E-state index < -0.39 is 6.86 Å². The Morgan fingerprint density at radius 2 is 1.81 bits per heavy atom. The van der Waals surface area contributed by atoms with E-state index in [9.17, 15) is 4.39 Å². The fraction of sp³-hybridized carbons (Fsp3) is 0.455. The first-order valence-corrected chi connectivity index (χ1v) is 9.28. The zero-order valence-corrected chi connectivity index (χ0v) is 16.5. The van der Waals surface area contributed by atoms with Crippen LogP contribution in [0.25, 0.3) is 0 Å². The Labute approximate surface area is 161 Å². The van der Waals surface area contributed by atoms with Crippen LogP contribution >= 0.6 is 0 Å². The maximum absolute atomic E-state index is 12.3. The minimum Gasteiger partial charge on any atom is -0.491 e. The molecule has 0 N–H and O–H groups in total. The second kappa shape index (κ2) is 11.6. The van der Waals surface area contributed by atoms with Gasteiger partial charge >= 0.3 is 0 Å². The molecule has 5 heteroatoms. The summed E-state index contributed by atoms with van der Waals surface area (Å²) in [5, 5.41) is 0. The molecule has 0 aliphatic heterocycles. The molecule has 0 spiro atoms. The maximum Gasteiger partial charge on any atom is 0.228 e. The van der Waals surface area contributed by atoms with Crippen molar-refractivity contribution in [1.82, 2.24) is 4.90 Å². The highest BCUT2D eigenvalue weighted by atomic mass is 19.1. The quantitative estimate of drug-likeness (QED) is 0.558. The zero-order valence-electron chi connectivity index (χ0n) is 16.5. The van der Waals surface area contributed by atoms with Crippen molar-refractivity contribution in [1.29, 1.82) is 0 Å². The molecule has 1 unspecified atom stereocenters. The number of nitrogens with zero attached hydrogens (tertiary/aromatic N) is 1. The molecule has 0 heterocycles. The molecule has 148 valence electrons. The zero-order chi connectivity index (χ0) is 19.5. The summed E-state index contributed by atoms with van der Waals surface area (Å²) in [4.78, 5) is 2.14. The van der Waals surface area contributed by atoms with Gasteiger partial charge in [-0.25, -0.2) is 4.39 Å². The topological polar surface area (TPSA) is 30.9 Å². The third-order valence-corrected chi connectivity index (χ3v) is 4.43. The predicted octanol–water partition coefficient (Wildman–Crippen LogP) is 4.12. The van der Waals surface area contributed by atoms with Crippen LogP contribution in [0.4, 0.5) is 4.39 Å². The summed E-state index contributed by atoms with van der Waals surface area (Å²) in [6.07, 6.45) is 2.66. The molecule has 0 radical (unpaired) electrons. The van der Waals surface area contributed by atoms with Gasteiger partial charge in [-0.3, -0.25) is 0 Å². The largest absolute Gasteiger partial charge is 0.491 e. The fourth-order valence-electron chi connectivity index (χ4n) is 2.84. The first-order chi connectivity index (χ1) is 13.1. The molecule has 0 aliphatic carbocycles. The van der Waals surface area contributed by atoms with Crippen LogP contribution in [0.15, 0.2) is 48.5 Å². The lowest BCUT2D eigenvalue weighted by Gasteiger charge is -2.19.